The molecule has 4 aromatic rings. The van der Waals surface area contributed by atoms with Crippen molar-refractivity contribution in [3.63, 3.8) is 0 Å². The highest BCUT2D eigenvalue weighted by atomic mass is 32.1. The summed E-state index contributed by atoms with van der Waals surface area (Å²) in [5.74, 6) is -0.971. The van der Waals surface area contributed by atoms with Crippen molar-refractivity contribution in [2.75, 3.05) is 25.0 Å². The largest absolute Gasteiger partial charge is 0.481 e. The van der Waals surface area contributed by atoms with Crippen molar-refractivity contribution >= 4 is 34.9 Å². The molecule has 2 aromatic carbocycles. The second-order valence-corrected chi connectivity index (χ2v) is 9.44. The van der Waals surface area contributed by atoms with Crippen molar-refractivity contribution in [2.24, 2.45) is 0 Å². The van der Waals surface area contributed by atoms with E-state index in [-0.39, 0.29) is 24.8 Å². The zero-order chi connectivity index (χ0) is 26.2. The number of aliphatic carboxylic acids is 1. The van der Waals surface area contributed by atoms with Crippen LogP contribution in [0.1, 0.15) is 32.0 Å². The molecule has 37 heavy (non-hydrogen) atoms. The Morgan fingerprint density at radius 3 is 2.05 bits per heavy atom. The van der Waals surface area contributed by atoms with Crippen molar-refractivity contribution in [1.82, 2.24) is 9.88 Å². The number of pyridine rings is 1. The summed E-state index contributed by atoms with van der Waals surface area (Å²) in [6.45, 7) is 0.487. The third-order valence-electron chi connectivity index (χ3n) is 5.99. The first kappa shape index (κ1) is 25.8. The van der Waals surface area contributed by atoms with Gasteiger partial charge < -0.3 is 10.0 Å². The van der Waals surface area contributed by atoms with Crippen LogP contribution in [0.4, 0.5) is 5.82 Å². The zero-order valence-electron chi connectivity index (χ0n) is 20.4. The normalized spacial score (nSPS) is 10.6. The highest BCUT2D eigenvalue weighted by molar-refractivity contribution is 7.09. The molecular formula is C29H27N3O4S. The number of hydrogen-bond acceptors (Lipinski definition) is 5. The summed E-state index contributed by atoms with van der Waals surface area (Å²) in [5.41, 5.74) is 2.09. The van der Waals surface area contributed by atoms with Gasteiger partial charge in [0.05, 0.1) is 6.42 Å². The molecule has 0 aliphatic carbocycles. The van der Waals surface area contributed by atoms with E-state index in [9.17, 15) is 19.5 Å². The molecule has 2 amide bonds. The lowest BCUT2D eigenvalue weighted by atomic mass is 9.94. The van der Waals surface area contributed by atoms with Gasteiger partial charge in [-0.15, -0.1) is 11.3 Å². The predicted molar refractivity (Wildman–Crippen MR) is 145 cm³/mol. The third-order valence-corrected chi connectivity index (χ3v) is 6.93. The first-order chi connectivity index (χ1) is 18.0. The Labute approximate surface area is 219 Å². The van der Waals surface area contributed by atoms with E-state index in [2.05, 4.69) is 4.98 Å². The second-order valence-electron chi connectivity index (χ2n) is 8.41. The van der Waals surface area contributed by atoms with Crippen LogP contribution in [0.15, 0.2) is 90.4 Å². The van der Waals surface area contributed by atoms with Gasteiger partial charge in [-0.25, -0.2) is 4.98 Å². The number of hydrogen-bond donors (Lipinski definition) is 1. The van der Waals surface area contributed by atoms with Crippen LogP contribution in [-0.2, 0) is 11.2 Å². The maximum absolute atomic E-state index is 13.8. The van der Waals surface area contributed by atoms with Crippen molar-refractivity contribution in [3.8, 4) is 11.1 Å². The number of aromatic nitrogens is 1. The number of amides is 2. The molecule has 0 fully saturated rings. The van der Waals surface area contributed by atoms with Gasteiger partial charge in [-0.3, -0.25) is 19.3 Å². The van der Waals surface area contributed by atoms with E-state index in [0.29, 0.717) is 41.0 Å². The van der Waals surface area contributed by atoms with Crippen LogP contribution in [0.5, 0.6) is 0 Å². The summed E-state index contributed by atoms with van der Waals surface area (Å²) < 4.78 is 0. The number of carbonyl (C=O) groups is 3. The summed E-state index contributed by atoms with van der Waals surface area (Å²) in [4.78, 5) is 47.0. The lowest BCUT2D eigenvalue weighted by Gasteiger charge is -2.24. The number of benzene rings is 2. The van der Waals surface area contributed by atoms with Crippen molar-refractivity contribution in [2.45, 2.75) is 12.8 Å². The number of rotatable bonds is 10. The smallest absolute Gasteiger partial charge is 0.305 e. The first-order valence-electron chi connectivity index (χ1n) is 11.9. The minimum Gasteiger partial charge on any atom is -0.481 e. The average Bonchev–Trinajstić information content (AvgIpc) is 3.46. The first-order valence-corrected chi connectivity index (χ1v) is 12.7. The molecule has 0 spiro atoms. The number of carbonyl (C=O) groups excluding carboxylic acids is 2. The molecule has 0 radical (unpaired) electrons. The van der Waals surface area contributed by atoms with Crippen LogP contribution in [0, 0.1) is 0 Å². The summed E-state index contributed by atoms with van der Waals surface area (Å²) >= 11 is 1.60. The second kappa shape index (κ2) is 12.1. The number of carboxylic acids is 1. The Kier molecular flexibility index (Phi) is 8.43. The van der Waals surface area contributed by atoms with Crippen LogP contribution in [0.2, 0.25) is 0 Å². The molecule has 188 valence electrons. The van der Waals surface area contributed by atoms with Gasteiger partial charge in [0.15, 0.2) is 0 Å². The summed E-state index contributed by atoms with van der Waals surface area (Å²) in [5, 5.41) is 11.2. The SMILES string of the molecule is CN(C(=O)c1ccccc1-c1ccccc1C(=O)N(CCC(=O)O)CCc1cccs1)c1ccccn1. The van der Waals surface area contributed by atoms with Crippen LogP contribution in [0.25, 0.3) is 11.1 Å². The lowest BCUT2D eigenvalue weighted by Crippen LogP contribution is -2.35. The highest BCUT2D eigenvalue weighted by Gasteiger charge is 2.24. The Hall–Kier alpha value is -4.30. The van der Waals surface area contributed by atoms with Crippen molar-refractivity contribution < 1.29 is 19.5 Å². The van der Waals surface area contributed by atoms with E-state index in [4.69, 9.17) is 0 Å². The number of thiophene rings is 1. The van der Waals surface area contributed by atoms with Crippen LogP contribution in [-0.4, -0.2) is 52.9 Å². The van der Waals surface area contributed by atoms with E-state index in [1.165, 1.54) is 4.90 Å². The minimum absolute atomic E-state index is 0.0941. The zero-order valence-corrected chi connectivity index (χ0v) is 21.2. The van der Waals surface area contributed by atoms with Gasteiger partial charge in [0.1, 0.15) is 5.82 Å². The van der Waals surface area contributed by atoms with E-state index >= 15 is 0 Å². The van der Waals surface area contributed by atoms with Crippen LogP contribution >= 0.6 is 11.3 Å². The Balaban J connectivity index is 1.68. The maximum atomic E-state index is 13.8. The monoisotopic (exact) mass is 513 g/mol. The van der Waals surface area contributed by atoms with Gasteiger partial charge in [-0.1, -0.05) is 48.5 Å². The van der Waals surface area contributed by atoms with E-state index < -0.39 is 5.97 Å². The predicted octanol–water partition coefficient (Wildman–Crippen LogP) is 5.25. The van der Waals surface area contributed by atoms with Crippen molar-refractivity contribution in [3.05, 3.63) is 106 Å². The van der Waals surface area contributed by atoms with Gasteiger partial charge in [0.25, 0.3) is 11.8 Å². The van der Waals surface area contributed by atoms with E-state index in [1.54, 1.807) is 65.9 Å². The fourth-order valence-electron chi connectivity index (χ4n) is 4.06. The number of carboxylic acid groups (broad SMARTS) is 1. The summed E-state index contributed by atoms with van der Waals surface area (Å²) in [7, 11) is 1.66. The minimum atomic E-state index is -0.962. The maximum Gasteiger partial charge on any atom is 0.305 e. The fourth-order valence-corrected chi connectivity index (χ4v) is 4.76. The highest BCUT2D eigenvalue weighted by Crippen LogP contribution is 2.30. The molecule has 0 aliphatic heterocycles. The molecule has 0 aliphatic rings. The molecule has 1 N–H and O–H groups in total. The fraction of sp³-hybridized carbons (Fsp3) is 0.172. The topological polar surface area (TPSA) is 90.8 Å². The van der Waals surface area contributed by atoms with Gasteiger partial charge >= 0.3 is 5.97 Å². The summed E-state index contributed by atoms with van der Waals surface area (Å²) in [6.07, 6.45) is 2.11. The van der Waals surface area contributed by atoms with Crippen LogP contribution < -0.4 is 4.90 Å². The Morgan fingerprint density at radius 2 is 1.46 bits per heavy atom. The molecule has 4 rings (SSSR count). The van der Waals surface area contributed by atoms with E-state index in [1.807, 2.05) is 47.8 Å². The number of nitrogens with zero attached hydrogens (tertiary/aromatic N) is 3. The molecular weight excluding hydrogens is 486 g/mol. The third kappa shape index (κ3) is 6.29. The number of anilines is 1. The molecule has 2 aromatic heterocycles. The molecule has 8 heteroatoms. The summed E-state index contributed by atoms with van der Waals surface area (Å²) in [6, 6.07) is 23.6. The molecule has 0 unspecified atom stereocenters. The van der Waals surface area contributed by atoms with Crippen LogP contribution in [0.3, 0.4) is 0 Å². The van der Waals surface area contributed by atoms with E-state index in [0.717, 1.165) is 4.88 Å². The van der Waals surface area contributed by atoms with Gasteiger partial charge in [-0.05, 0) is 53.3 Å². The Morgan fingerprint density at radius 1 is 0.811 bits per heavy atom. The lowest BCUT2D eigenvalue weighted by molar-refractivity contribution is -0.137. The standard InChI is InChI=1S/C29H27N3O4S/c1-31(26-14-6-7-17-30-26)28(35)24-12-4-2-10-22(24)23-11-3-5-13-25(23)29(36)32(19-16-27(33)34)18-15-21-9-8-20-37-21/h2-14,17,20H,15-16,18-19H2,1H3,(H,33,34). The molecule has 0 saturated carbocycles. The van der Waals surface area contributed by atoms with Gasteiger partial charge in [0, 0.05) is 42.3 Å². The molecule has 0 saturated heterocycles. The molecule has 0 bridgehead atoms. The van der Waals surface area contributed by atoms with Gasteiger partial charge in [-0.2, -0.15) is 0 Å². The van der Waals surface area contributed by atoms with Gasteiger partial charge in [0.2, 0.25) is 0 Å². The Bertz CT molecular complexity index is 1370. The quantitative estimate of drug-likeness (QED) is 0.313. The molecule has 0 atom stereocenters. The average molecular weight is 514 g/mol. The molecule has 7 nitrogen and oxygen atoms in total. The van der Waals surface area contributed by atoms with Crippen molar-refractivity contribution in [1.29, 1.82) is 0 Å². The molecule has 2 heterocycles.